The van der Waals surface area contributed by atoms with Gasteiger partial charge >= 0.3 is 0 Å². The average molecular weight is 222 g/mol. The van der Waals surface area contributed by atoms with Gasteiger partial charge in [0.1, 0.15) is 0 Å². The Labute approximate surface area is 97.9 Å². The minimum Gasteiger partial charge on any atom is -0.392 e. The number of benzene rings is 1. The minimum atomic E-state index is -0.317. The van der Waals surface area contributed by atoms with Gasteiger partial charge in [-0.1, -0.05) is 30.3 Å². The third-order valence-corrected chi connectivity index (χ3v) is 2.32. The number of rotatable bonds is 6. The predicted molar refractivity (Wildman–Crippen MR) is 67.0 cm³/mol. The SMILES string of the molecule is C[C@@H](N)CN(Cc1ccccc1)C[C@@H](C)O. The lowest BCUT2D eigenvalue weighted by Gasteiger charge is -2.25. The Bertz CT molecular complexity index is 275. The van der Waals surface area contributed by atoms with Gasteiger partial charge in [0.15, 0.2) is 0 Å². The van der Waals surface area contributed by atoms with Gasteiger partial charge in [-0.15, -0.1) is 0 Å². The van der Waals surface area contributed by atoms with Crippen LogP contribution < -0.4 is 5.73 Å². The maximum absolute atomic E-state index is 9.43. The number of nitrogens with zero attached hydrogens (tertiary/aromatic N) is 1. The summed E-state index contributed by atoms with van der Waals surface area (Å²) in [6.07, 6.45) is -0.317. The second-order valence-corrected chi connectivity index (χ2v) is 4.51. The fraction of sp³-hybridized carbons (Fsp3) is 0.538. The Morgan fingerprint density at radius 2 is 1.81 bits per heavy atom. The fourth-order valence-corrected chi connectivity index (χ4v) is 1.83. The summed E-state index contributed by atoms with van der Waals surface area (Å²) in [5.74, 6) is 0. The van der Waals surface area contributed by atoms with Crippen LogP contribution in [0, 0.1) is 0 Å². The van der Waals surface area contributed by atoms with E-state index in [2.05, 4.69) is 17.0 Å². The molecule has 0 fully saturated rings. The normalized spacial score (nSPS) is 15.1. The zero-order valence-corrected chi connectivity index (χ0v) is 10.1. The summed E-state index contributed by atoms with van der Waals surface area (Å²) in [6, 6.07) is 10.4. The molecule has 0 unspecified atom stereocenters. The van der Waals surface area contributed by atoms with E-state index in [1.807, 2.05) is 25.1 Å². The molecule has 0 aliphatic heterocycles. The molecule has 3 nitrogen and oxygen atoms in total. The van der Waals surface area contributed by atoms with Crippen molar-refractivity contribution in [3.63, 3.8) is 0 Å². The molecule has 0 aliphatic rings. The molecule has 0 amide bonds. The molecule has 0 bridgehead atoms. The second-order valence-electron chi connectivity index (χ2n) is 4.51. The van der Waals surface area contributed by atoms with Crippen molar-refractivity contribution in [1.82, 2.24) is 4.90 Å². The summed E-state index contributed by atoms with van der Waals surface area (Å²) in [6.45, 7) is 6.10. The molecular weight excluding hydrogens is 200 g/mol. The van der Waals surface area contributed by atoms with Crippen molar-refractivity contribution in [2.75, 3.05) is 13.1 Å². The highest BCUT2D eigenvalue weighted by Crippen LogP contribution is 2.05. The van der Waals surface area contributed by atoms with Crippen molar-refractivity contribution in [2.24, 2.45) is 5.73 Å². The Balaban J connectivity index is 2.56. The quantitative estimate of drug-likeness (QED) is 0.761. The van der Waals surface area contributed by atoms with Crippen LogP contribution in [0.3, 0.4) is 0 Å². The van der Waals surface area contributed by atoms with Crippen molar-refractivity contribution in [2.45, 2.75) is 32.5 Å². The van der Waals surface area contributed by atoms with E-state index in [-0.39, 0.29) is 12.1 Å². The zero-order valence-electron chi connectivity index (χ0n) is 10.1. The first kappa shape index (κ1) is 13.2. The van der Waals surface area contributed by atoms with E-state index in [0.717, 1.165) is 13.1 Å². The smallest absolute Gasteiger partial charge is 0.0639 e. The number of hydrogen-bond donors (Lipinski definition) is 2. The monoisotopic (exact) mass is 222 g/mol. The molecule has 0 spiro atoms. The van der Waals surface area contributed by atoms with E-state index < -0.39 is 0 Å². The molecular formula is C13H22N2O. The standard InChI is InChI=1S/C13H22N2O/c1-11(14)8-15(9-12(2)16)10-13-6-4-3-5-7-13/h3-7,11-12,16H,8-10,14H2,1-2H3/t11-,12-/m1/s1. The number of aliphatic hydroxyl groups is 1. The molecule has 16 heavy (non-hydrogen) atoms. The topological polar surface area (TPSA) is 49.5 Å². The van der Waals surface area contributed by atoms with Crippen LogP contribution >= 0.6 is 0 Å². The molecule has 0 saturated carbocycles. The summed E-state index contributed by atoms with van der Waals surface area (Å²) in [5.41, 5.74) is 7.05. The van der Waals surface area contributed by atoms with Crippen LogP contribution in [-0.2, 0) is 6.54 Å². The van der Waals surface area contributed by atoms with Crippen LogP contribution in [0.25, 0.3) is 0 Å². The lowest BCUT2D eigenvalue weighted by molar-refractivity contribution is 0.119. The van der Waals surface area contributed by atoms with Crippen LogP contribution in [0.4, 0.5) is 0 Å². The molecule has 2 atom stereocenters. The fourth-order valence-electron chi connectivity index (χ4n) is 1.83. The maximum atomic E-state index is 9.43. The van der Waals surface area contributed by atoms with Gasteiger partial charge in [0.05, 0.1) is 6.10 Å². The summed E-state index contributed by atoms with van der Waals surface area (Å²) in [7, 11) is 0. The van der Waals surface area contributed by atoms with Gasteiger partial charge in [-0.2, -0.15) is 0 Å². The Kier molecular flexibility index (Phi) is 5.46. The van der Waals surface area contributed by atoms with E-state index in [1.54, 1.807) is 6.92 Å². The van der Waals surface area contributed by atoms with Gasteiger partial charge < -0.3 is 10.8 Å². The highest BCUT2D eigenvalue weighted by atomic mass is 16.3. The molecule has 0 aromatic heterocycles. The Hall–Kier alpha value is -0.900. The molecule has 1 aromatic carbocycles. The Morgan fingerprint density at radius 3 is 2.31 bits per heavy atom. The summed E-state index contributed by atoms with van der Waals surface area (Å²) >= 11 is 0. The molecule has 1 rings (SSSR count). The van der Waals surface area contributed by atoms with Crippen LogP contribution in [-0.4, -0.2) is 35.2 Å². The molecule has 0 aliphatic carbocycles. The van der Waals surface area contributed by atoms with Crippen molar-refractivity contribution < 1.29 is 5.11 Å². The summed E-state index contributed by atoms with van der Waals surface area (Å²) in [4.78, 5) is 2.19. The van der Waals surface area contributed by atoms with E-state index in [4.69, 9.17) is 5.73 Å². The van der Waals surface area contributed by atoms with Crippen LogP contribution in [0.15, 0.2) is 30.3 Å². The van der Waals surface area contributed by atoms with Crippen LogP contribution in [0.1, 0.15) is 19.4 Å². The van der Waals surface area contributed by atoms with Crippen LogP contribution in [0.2, 0.25) is 0 Å². The van der Waals surface area contributed by atoms with Gasteiger partial charge in [-0.25, -0.2) is 0 Å². The van der Waals surface area contributed by atoms with Gasteiger partial charge in [0, 0.05) is 25.7 Å². The van der Waals surface area contributed by atoms with E-state index in [1.165, 1.54) is 5.56 Å². The number of nitrogens with two attached hydrogens (primary N) is 1. The molecule has 0 saturated heterocycles. The van der Waals surface area contributed by atoms with Crippen molar-refractivity contribution >= 4 is 0 Å². The summed E-state index contributed by atoms with van der Waals surface area (Å²) in [5, 5.41) is 9.43. The van der Waals surface area contributed by atoms with Gasteiger partial charge in [-0.05, 0) is 19.4 Å². The van der Waals surface area contributed by atoms with E-state index in [0.29, 0.717) is 6.54 Å². The van der Waals surface area contributed by atoms with Gasteiger partial charge in [0.25, 0.3) is 0 Å². The highest BCUT2D eigenvalue weighted by molar-refractivity contribution is 5.14. The van der Waals surface area contributed by atoms with E-state index >= 15 is 0 Å². The molecule has 1 aromatic rings. The Morgan fingerprint density at radius 1 is 1.19 bits per heavy atom. The van der Waals surface area contributed by atoms with Crippen LogP contribution in [0.5, 0.6) is 0 Å². The van der Waals surface area contributed by atoms with Crippen molar-refractivity contribution in [3.8, 4) is 0 Å². The molecule has 0 heterocycles. The number of aliphatic hydroxyl groups excluding tert-OH is 1. The van der Waals surface area contributed by atoms with Crippen molar-refractivity contribution in [1.29, 1.82) is 0 Å². The van der Waals surface area contributed by atoms with Gasteiger partial charge in [-0.3, -0.25) is 4.90 Å². The lowest BCUT2D eigenvalue weighted by atomic mass is 10.2. The second kappa shape index (κ2) is 6.63. The third-order valence-electron chi connectivity index (χ3n) is 2.32. The predicted octanol–water partition coefficient (Wildman–Crippen LogP) is 1.22. The van der Waals surface area contributed by atoms with Crippen molar-refractivity contribution in [3.05, 3.63) is 35.9 Å². The largest absolute Gasteiger partial charge is 0.392 e. The third kappa shape index (κ3) is 5.26. The number of hydrogen-bond acceptors (Lipinski definition) is 3. The minimum absolute atomic E-state index is 0.127. The molecule has 3 N–H and O–H groups in total. The zero-order chi connectivity index (χ0) is 12.0. The van der Waals surface area contributed by atoms with E-state index in [9.17, 15) is 5.11 Å². The average Bonchev–Trinajstić information content (AvgIpc) is 2.16. The highest BCUT2D eigenvalue weighted by Gasteiger charge is 2.10. The first-order chi connectivity index (χ1) is 7.58. The first-order valence-corrected chi connectivity index (χ1v) is 5.78. The molecule has 0 radical (unpaired) electrons. The molecule has 90 valence electrons. The maximum Gasteiger partial charge on any atom is 0.0639 e. The molecule has 3 heteroatoms. The summed E-state index contributed by atoms with van der Waals surface area (Å²) < 4.78 is 0. The van der Waals surface area contributed by atoms with Gasteiger partial charge in [0.2, 0.25) is 0 Å². The lowest BCUT2D eigenvalue weighted by Crippen LogP contribution is -2.38. The first-order valence-electron chi connectivity index (χ1n) is 5.78.